The maximum absolute atomic E-state index is 12.0. The summed E-state index contributed by atoms with van der Waals surface area (Å²) in [6.07, 6.45) is -3.36. The molecule has 0 aliphatic heterocycles. The van der Waals surface area contributed by atoms with Crippen LogP contribution in [-0.2, 0) is 7.05 Å². The summed E-state index contributed by atoms with van der Waals surface area (Å²) in [5.41, 5.74) is 0.0392. The number of Topliss-reactive ketones (excluding diaryl/α,β-unsaturated/α-hetero) is 1. The molecule has 0 amide bonds. The number of hydrogen-bond donors (Lipinski definition) is 0. The van der Waals surface area contributed by atoms with Gasteiger partial charge in [0.1, 0.15) is 0 Å². The van der Waals surface area contributed by atoms with E-state index in [4.69, 9.17) is 0 Å². The number of rotatable bonds is 1. The number of aryl methyl sites for hydroxylation is 1. The predicted molar refractivity (Wildman–Crippen MR) is 40.5 cm³/mol. The summed E-state index contributed by atoms with van der Waals surface area (Å²) < 4.78 is 37.4. The van der Waals surface area contributed by atoms with E-state index in [2.05, 4.69) is 0 Å². The van der Waals surface area contributed by atoms with Gasteiger partial charge in [0.15, 0.2) is 0 Å². The van der Waals surface area contributed by atoms with Crippen LogP contribution in [0.3, 0.4) is 0 Å². The molecule has 1 aromatic rings. The third-order valence-corrected chi connectivity index (χ3v) is 1.89. The summed E-state index contributed by atoms with van der Waals surface area (Å²) in [4.78, 5) is 10.8. The summed E-state index contributed by atoms with van der Waals surface area (Å²) in [6, 6.07) is 1.17. The van der Waals surface area contributed by atoms with Crippen molar-refractivity contribution >= 4 is 5.78 Å². The lowest BCUT2D eigenvalue weighted by atomic mass is 10.1. The highest BCUT2D eigenvalue weighted by molar-refractivity contribution is 6.01. The van der Waals surface area contributed by atoms with Crippen molar-refractivity contribution in [2.45, 2.75) is 13.1 Å². The fourth-order valence-corrected chi connectivity index (χ4v) is 1.00. The van der Waals surface area contributed by atoms with Crippen LogP contribution in [0.1, 0.15) is 16.1 Å². The highest BCUT2D eigenvalue weighted by atomic mass is 19.4. The predicted octanol–water partition coefficient (Wildman–Crippen LogP) is 2.08. The average molecular weight is 191 g/mol. The summed E-state index contributed by atoms with van der Waals surface area (Å²) in [6.45, 7) is 1.47. The van der Waals surface area contributed by atoms with Crippen LogP contribution in [0.2, 0.25) is 0 Å². The number of carbonyl (C=O) groups excluding carboxylic acids is 1. The van der Waals surface area contributed by atoms with E-state index in [1.807, 2.05) is 0 Å². The number of halogens is 3. The first-order valence-corrected chi connectivity index (χ1v) is 3.57. The fraction of sp³-hybridized carbons (Fsp3) is 0.375. The van der Waals surface area contributed by atoms with E-state index >= 15 is 0 Å². The highest BCUT2D eigenvalue weighted by Crippen LogP contribution is 2.23. The van der Waals surface area contributed by atoms with Crippen molar-refractivity contribution in [3.63, 3.8) is 0 Å². The Kier molecular flexibility index (Phi) is 2.19. The van der Waals surface area contributed by atoms with Crippen molar-refractivity contribution in [2.24, 2.45) is 7.05 Å². The van der Waals surface area contributed by atoms with Crippen LogP contribution in [0.25, 0.3) is 0 Å². The van der Waals surface area contributed by atoms with Crippen molar-refractivity contribution in [1.82, 2.24) is 4.57 Å². The molecule has 0 N–H and O–H groups in total. The topological polar surface area (TPSA) is 22.0 Å². The third-order valence-electron chi connectivity index (χ3n) is 1.89. The number of aromatic nitrogens is 1. The van der Waals surface area contributed by atoms with Gasteiger partial charge in [-0.2, -0.15) is 13.2 Å². The maximum atomic E-state index is 12.0. The Morgan fingerprint density at radius 1 is 1.46 bits per heavy atom. The Bertz CT molecular complexity index is 338. The summed E-state index contributed by atoms with van der Waals surface area (Å²) in [5, 5.41) is 0. The van der Waals surface area contributed by atoms with Crippen LogP contribution < -0.4 is 0 Å². The standard InChI is InChI=1S/C8H8F3NO/c1-5-6(3-4-12(5)2)7(13)8(9,10)11/h3-4H,1-2H3. The van der Waals surface area contributed by atoms with Crippen molar-refractivity contribution in [1.29, 1.82) is 0 Å². The minimum absolute atomic E-state index is 0.282. The average Bonchev–Trinajstić information content (AvgIpc) is 2.30. The zero-order chi connectivity index (χ0) is 10.2. The first kappa shape index (κ1) is 9.83. The van der Waals surface area contributed by atoms with Crippen LogP contribution in [0.4, 0.5) is 13.2 Å². The molecule has 0 saturated heterocycles. The Balaban J connectivity index is 3.10. The van der Waals surface area contributed by atoms with Crippen molar-refractivity contribution in [3.8, 4) is 0 Å². The van der Waals surface area contributed by atoms with E-state index in [9.17, 15) is 18.0 Å². The molecule has 0 aliphatic carbocycles. The van der Waals surface area contributed by atoms with E-state index in [1.165, 1.54) is 23.8 Å². The zero-order valence-corrected chi connectivity index (χ0v) is 7.14. The quantitative estimate of drug-likeness (QED) is 0.623. The molecule has 0 bridgehead atoms. The normalized spacial score (nSPS) is 11.8. The van der Waals surface area contributed by atoms with Crippen molar-refractivity contribution in [2.75, 3.05) is 0 Å². The molecule has 0 aliphatic rings. The van der Waals surface area contributed by atoms with E-state index in [0.717, 1.165) is 0 Å². The third kappa shape index (κ3) is 1.74. The summed E-state index contributed by atoms with van der Waals surface area (Å²) in [7, 11) is 1.59. The molecule has 0 fully saturated rings. The van der Waals surface area contributed by atoms with Crippen LogP contribution in [-0.4, -0.2) is 16.5 Å². The molecular weight excluding hydrogens is 183 g/mol. The van der Waals surface area contributed by atoms with Gasteiger partial charge in [0.05, 0.1) is 0 Å². The van der Waals surface area contributed by atoms with Gasteiger partial charge in [0, 0.05) is 24.5 Å². The van der Waals surface area contributed by atoms with E-state index < -0.39 is 12.0 Å². The molecule has 2 nitrogen and oxygen atoms in total. The van der Waals surface area contributed by atoms with Gasteiger partial charge in [-0.15, -0.1) is 0 Å². The smallest absolute Gasteiger partial charge is 0.354 e. The largest absolute Gasteiger partial charge is 0.454 e. The summed E-state index contributed by atoms with van der Waals surface area (Å²) in [5.74, 6) is -1.79. The van der Waals surface area contributed by atoms with E-state index in [1.54, 1.807) is 7.05 Å². The first-order valence-electron chi connectivity index (χ1n) is 3.57. The highest BCUT2D eigenvalue weighted by Gasteiger charge is 2.40. The number of ketones is 1. The molecule has 1 aromatic heterocycles. The van der Waals surface area contributed by atoms with Gasteiger partial charge in [-0.1, -0.05) is 0 Å². The van der Waals surface area contributed by atoms with Crippen LogP contribution in [0, 0.1) is 6.92 Å². The van der Waals surface area contributed by atoms with Crippen LogP contribution >= 0.6 is 0 Å². The Morgan fingerprint density at radius 2 is 2.00 bits per heavy atom. The van der Waals surface area contributed by atoms with Gasteiger partial charge in [-0.05, 0) is 13.0 Å². The van der Waals surface area contributed by atoms with Crippen LogP contribution in [0.5, 0.6) is 0 Å². The Hall–Kier alpha value is -1.26. The number of hydrogen-bond acceptors (Lipinski definition) is 1. The fourth-order valence-electron chi connectivity index (χ4n) is 1.00. The lowest BCUT2D eigenvalue weighted by Crippen LogP contribution is -2.23. The molecule has 0 spiro atoms. The Morgan fingerprint density at radius 3 is 2.31 bits per heavy atom. The van der Waals surface area contributed by atoms with Gasteiger partial charge in [0.25, 0.3) is 5.78 Å². The van der Waals surface area contributed by atoms with Gasteiger partial charge in [0.2, 0.25) is 0 Å². The minimum atomic E-state index is -4.79. The second-order valence-corrected chi connectivity index (χ2v) is 2.75. The maximum Gasteiger partial charge on any atom is 0.454 e. The molecule has 0 aromatic carbocycles. The van der Waals surface area contributed by atoms with Gasteiger partial charge in [-0.3, -0.25) is 4.79 Å². The monoisotopic (exact) mass is 191 g/mol. The Labute approximate surface area is 73.0 Å². The molecule has 13 heavy (non-hydrogen) atoms. The lowest BCUT2D eigenvalue weighted by Gasteiger charge is -2.04. The first-order chi connectivity index (χ1) is 5.84. The molecule has 1 heterocycles. The number of alkyl halides is 3. The van der Waals surface area contributed by atoms with Crippen molar-refractivity contribution in [3.05, 3.63) is 23.5 Å². The van der Waals surface area contributed by atoms with Gasteiger partial charge < -0.3 is 4.57 Å². The van der Waals surface area contributed by atoms with Gasteiger partial charge in [-0.25, -0.2) is 0 Å². The molecule has 72 valence electrons. The molecule has 0 radical (unpaired) electrons. The molecule has 0 atom stereocenters. The number of nitrogens with zero attached hydrogens (tertiary/aromatic N) is 1. The van der Waals surface area contributed by atoms with E-state index in [-0.39, 0.29) is 5.56 Å². The molecule has 5 heteroatoms. The molecular formula is C8H8F3NO. The molecule has 0 unspecified atom stereocenters. The van der Waals surface area contributed by atoms with Crippen LogP contribution in [0.15, 0.2) is 12.3 Å². The zero-order valence-electron chi connectivity index (χ0n) is 7.14. The second-order valence-electron chi connectivity index (χ2n) is 2.75. The minimum Gasteiger partial charge on any atom is -0.354 e. The number of carbonyl (C=O) groups is 1. The second kappa shape index (κ2) is 2.90. The van der Waals surface area contributed by atoms with Gasteiger partial charge >= 0.3 is 6.18 Å². The molecule has 0 saturated carbocycles. The lowest BCUT2D eigenvalue weighted by molar-refractivity contribution is -0.0885. The van der Waals surface area contributed by atoms with Crippen molar-refractivity contribution < 1.29 is 18.0 Å². The van der Waals surface area contributed by atoms with E-state index in [0.29, 0.717) is 5.69 Å². The summed E-state index contributed by atoms with van der Waals surface area (Å²) >= 11 is 0. The molecule has 1 rings (SSSR count). The SMILES string of the molecule is Cc1c(C(=O)C(F)(F)F)ccn1C.